The van der Waals surface area contributed by atoms with E-state index < -0.39 is 5.41 Å². The SMILES string of the molecule is CCC1(c2ccc3c(c2)c2cc(C45CC6CC(CC(C6)C4)C5)cc4c2n3B2c3cccc5c3N(c3ccccc3C53c5ccccc5-c5ccccc53)c3cc5c(oc6ccccc65)c-4c32)CC2CCC(C2)C1. The van der Waals surface area contributed by atoms with Gasteiger partial charge in [-0.05, 0) is 203 Å². The average molecular weight is 941 g/mol. The molecular weight excluding hydrogens is 884 g/mol. The molecule has 0 N–H and O–H groups in total. The van der Waals surface area contributed by atoms with Gasteiger partial charge in [-0.25, -0.2) is 0 Å². The van der Waals surface area contributed by atoms with Crippen LogP contribution in [0.3, 0.4) is 0 Å². The van der Waals surface area contributed by atoms with Gasteiger partial charge in [-0.3, -0.25) is 0 Å². The molecule has 0 radical (unpaired) electrons. The number of nitrogens with zero attached hydrogens (tertiary/aromatic N) is 2. The van der Waals surface area contributed by atoms with Gasteiger partial charge in [0.25, 0.3) is 0 Å². The van der Waals surface area contributed by atoms with Gasteiger partial charge in [0.05, 0.1) is 11.1 Å². The van der Waals surface area contributed by atoms with Crippen LogP contribution < -0.4 is 15.8 Å². The number of hydrogen-bond acceptors (Lipinski definition) is 2. The lowest BCUT2D eigenvalue weighted by atomic mass is 9.43. The molecule has 2 atom stereocenters. The lowest BCUT2D eigenvalue weighted by molar-refractivity contribution is -0.00511. The second kappa shape index (κ2) is 13.3. The van der Waals surface area contributed by atoms with E-state index in [1.807, 2.05) is 0 Å². The van der Waals surface area contributed by atoms with Gasteiger partial charge >= 0.3 is 6.85 Å². The summed E-state index contributed by atoms with van der Waals surface area (Å²) in [4.78, 5) is 2.72. The molecule has 2 aromatic heterocycles. The Kier molecular flexibility index (Phi) is 7.24. The van der Waals surface area contributed by atoms with E-state index in [9.17, 15) is 0 Å². The van der Waals surface area contributed by atoms with Crippen molar-refractivity contribution in [1.82, 2.24) is 4.48 Å². The molecule has 20 rings (SSSR count). The molecule has 10 aromatic rings. The van der Waals surface area contributed by atoms with Crippen molar-refractivity contribution < 1.29 is 4.42 Å². The van der Waals surface area contributed by atoms with Crippen LogP contribution in [0.2, 0.25) is 0 Å². The normalized spacial score (nSPS) is 27.5. The number of furan rings is 1. The highest BCUT2D eigenvalue weighted by Crippen LogP contribution is 2.66. The molecule has 8 aromatic carbocycles. The van der Waals surface area contributed by atoms with Crippen LogP contribution in [0.1, 0.15) is 117 Å². The first-order valence-electron chi connectivity index (χ1n) is 28.3. The third-order valence-corrected chi connectivity index (χ3v) is 22.1. The fraction of sp³-hybridized carbons (Fsp3) is 0.304. The number of para-hydroxylation sites is 3. The molecule has 4 heteroatoms. The molecule has 3 aliphatic heterocycles. The van der Waals surface area contributed by atoms with Gasteiger partial charge in [0, 0.05) is 55.1 Å². The zero-order valence-electron chi connectivity index (χ0n) is 41.7. The van der Waals surface area contributed by atoms with E-state index in [2.05, 4.69) is 168 Å². The highest BCUT2D eigenvalue weighted by molar-refractivity contribution is 6.90. The third-order valence-electron chi connectivity index (χ3n) is 22.1. The highest BCUT2D eigenvalue weighted by Gasteiger charge is 2.57. The van der Waals surface area contributed by atoms with Crippen molar-refractivity contribution in [2.24, 2.45) is 29.6 Å². The molecule has 2 unspecified atom stereocenters. The van der Waals surface area contributed by atoms with Crippen LogP contribution in [0.5, 0.6) is 0 Å². The second-order valence-electron chi connectivity index (χ2n) is 25.3. The molecule has 10 aliphatic rings. The van der Waals surface area contributed by atoms with E-state index in [1.165, 1.54) is 182 Å². The summed E-state index contributed by atoms with van der Waals surface area (Å²) in [6.07, 6.45) is 16.6. The van der Waals surface area contributed by atoms with E-state index in [0.29, 0.717) is 0 Å². The van der Waals surface area contributed by atoms with Crippen LogP contribution in [0.25, 0.3) is 66.0 Å². The van der Waals surface area contributed by atoms with Gasteiger partial charge in [-0.15, -0.1) is 0 Å². The first-order valence-corrected chi connectivity index (χ1v) is 28.3. The van der Waals surface area contributed by atoms with Crippen molar-refractivity contribution in [3.8, 4) is 22.3 Å². The molecule has 6 saturated carbocycles. The summed E-state index contributed by atoms with van der Waals surface area (Å²) in [5.41, 5.74) is 25.6. The Labute approximate surface area is 427 Å². The molecule has 3 nitrogen and oxygen atoms in total. The number of hydrogen-bond donors (Lipinski definition) is 0. The molecule has 0 amide bonds. The molecule has 0 saturated heterocycles. The number of fused-ring (bicyclic) bond motifs is 22. The molecule has 6 fully saturated rings. The summed E-state index contributed by atoms with van der Waals surface area (Å²) < 4.78 is 10.2. The molecule has 5 heterocycles. The summed E-state index contributed by atoms with van der Waals surface area (Å²) in [5.74, 6) is 4.32. The Bertz CT molecular complexity index is 4070. The smallest absolute Gasteiger partial charge is 0.333 e. The fourth-order valence-corrected chi connectivity index (χ4v) is 19.9. The number of benzene rings is 8. The van der Waals surface area contributed by atoms with Crippen molar-refractivity contribution in [2.45, 2.75) is 100 Å². The first kappa shape index (κ1) is 39.7. The van der Waals surface area contributed by atoms with Gasteiger partial charge in [0.1, 0.15) is 11.2 Å². The maximum absolute atomic E-state index is 7.37. The Hall–Kier alpha value is -6.78. The van der Waals surface area contributed by atoms with Crippen molar-refractivity contribution >= 4 is 78.6 Å². The van der Waals surface area contributed by atoms with Crippen molar-refractivity contribution in [2.75, 3.05) is 4.90 Å². The summed E-state index contributed by atoms with van der Waals surface area (Å²) in [6.45, 7) is 2.43. The Morgan fingerprint density at radius 2 is 1.19 bits per heavy atom. The first-order chi connectivity index (χ1) is 36.0. The van der Waals surface area contributed by atoms with Crippen LogP contribution in [-0.2, 0) is 16.2 Å². The summed E-state index contributed by atoms with van der Waals surface area (Å²) in [6, 6.07) is 60.4. The number of anilines is 3. The molecule has 7 aliphatic carbocycles. The number of rotatable bonds is 3. The minimum atomic E-state index is -0.491. The highest BCUT2D eigenvalue weighted by atomic mass is 16.3. The van der Waals surface area contributed by atoms with Crippen LogP contribution in [0, 0.1) is 29.6 Å². The van der Waals surface area contributed by atoms with Crippen LogP contribution in [-0.4, -0.2) is 11.3 Å². The third kappa shape index (κ3) is 4.63. The lowest BCUT2D eigenvalue weighted by Crippen LogP contribution is -2.58. The predicted octanol–water partition coefficient (Wildman–Crippen LogP) is 16.1. The van der Waals surface area contributed by atoms with Gasteiger partial charge in [-0.1, -0.05) is 129 Å². The molecule has 6 bridgehead atoms. The molecular formula is C69H57BN2O. The van der Waals surface area contributed by atoms with Gasteiger partial charge in [0.15, 0.2) is 0 Å². The Morgan fingerprint density at radius 1 is 0.534 bits per heavy atom. The topological polar surface area (TPSA) is 21.3 Å². The van der Waals surface area contributed by atoms with Crippen LogP contribution >= 0.6 is 0 Å². The fourth-order valence-electron chi connectivity index (χ4n) is 19.9. The largest absolute Gasteiger partial charge is 0.455 e. The van der Waals surface area contributed by atoms with Gasteiger partial charge in [-0.2, -0.15) is 0 Å². The maximum atomic E-state index is 7.37. The standard InChI is InChI=1S/C69H57BN2O/c1-2-67(34-39-22-23-40(26-39)35-67)44-24-25-58-49(30-44)50-31-45(68-36-41-27-42(37-68)29-43(28-41)38-68)32-52-62-63-60(33-51-48-14-5-10-21-61(48)73-66(51)62)71-59-20-9-8-17-55(59)69(53-15-6-3-12-46(53)47-13-4-7-16-54(47)69)56-18-11-19-57(65(56)71)70(63)72(58)64(50)52/h3-21,24-25,30-33,39-43H,2,22-23,26-29,34-38H2,1H3. The zero-order valence-corrected chi connectivity index (χ0v) is 41.7. The van der Waals surface area contributed by atoms with Gasteiger partial charge < -0.3 is 13.8 Å². The van der Waals surface area contributed by atoms with E-state index >= 15 is 0 Å². The molecule has 1 spiro atoms. The maximum Gasteiger partial charge on any atom is 0.333 e. The molecule has 73 heavy (non-hydrogen) atoms. The van der Waals surface area contributed by atoms with Crippen molar-refractivity contribution in [3.05, 3.63) is 185 Å². The predicted molar refractivity (Wildman–Crippen MR) is 300 cm³/mol. The zero-order chi connectivity index (χ0) is 47.3. The Morgan fingerprint density at radius 3 is 1.95 bits per heavy atom. The van der Waals surface area contributed by atoms with E-state index in [4.69, 9.17) is 4.42 Å². The van der Waals surface area contributed by atoms with E-state index in [-0.39, 0.29) is 17.7 Å². The Balaban J connectivity index is 0.975. The van der Waals surface area contributed by atoms with E-state index in [1.54, 1.807) is 11.1 Å². The average Bonchev–Trinajstić information content (AvgIpc) is 4.20. The van der Waals surface area contributed by atoms with E-state index in [0.717, 1.165) is 40.8 Å². The lowest BCUT2D eigenvalue weighted by Gasteiger charge is -2.57. The van der Waals surface area contributed by atoms with Gasteiger partial charge in [0.2, 0.25) is 0 Å². The quantitative estimate of drug-likeness (QED) is 0.165. The van der Waals surface area contributed by atoms with Crippen LogP contribution in [0.4, 0.5) is 17.1 Å². The monoisotopic (exact) mass is 940 g/mol. The minimum Gasteiger partial charge on any atom is -0.455 e. The second-order valence-corrected chi connectivity index (χ2v) is 25.3. The van der Waals surface area contributed by atoms with Crippen molar-refractivity contribution in [1.29, 1.82) is 0 Å². The van der Waals surface area contributed by atoms with Crippen LogP contribution in [0.15, 0.2) is 156 Å². The number of aromatic nitrogens is 1. The summed E-state index contributed by atoms with van der Waals surface area (Å²) >= 11 is 0. The summed E-state index contributed by atoms with van der Waals surface area (Å²) in [7, 11) is 0. The van der Waals surface area contributed by atoms with Crippen molar-refractivity contribution in [3.63, 3.8) is 0 Å². The summed E-state index contributed by atoms with van der Waals surface area (Å²) in [5, 5.41) is 5.35. The molecule has 352 valence electrons. The minimum absolute atomic E-state index is 0.0718.